The lowest BCUT2D eigenvalue weighted by Gasteiger charge is -2.16. The summed E-state index contributed by atoms with van der Waals surface area (Å²) in [4.78, 5) is 24.1. The van der Waals surface area contributed by atoms with Gasteiger partial charge in [-0.1, -0.05) is 12.1 Å². The van der Waals surface area contributed by atoms with Crippen molar-refractivity contribution >= 4 is 23.2 Å². The number of hydrogen-bond acceptors (Lipinski definition) is 5. The van der Waals surface area contributed by atoms with Crippen LogP contribution in [0.1, 0.15) is 21.7 Å². The average Bonchev–Trinajstić information content (AvgIpc) is 3.31. The zero-order valence-corrected chi connectivity index (χ0v) is 17.0. The number of methoxy groups -OCH3 is 1. The van der Waals surface area contributed by atoms with Crippen molar-refractivity contribution in [3.05, 3.63) is 77.7 Å². The number of carbonyl (C=O) groups excluding carboxylic acids is 2. The summed E-state index contributed by atoms with van der Waals surface area (Å²) in [6, 6.07) is 13.2. The third-order valence-electron chi connectivity index (χ3n) is 4.39. The predicted molar refractivity (Wildman–Crippen MR) is 111 cm³/mol. The second-order valence-electron chi connectivity index (χ2n) is 6.67. The molecule has 0 aliphatic heterocycles. The maximum atomic E-state index is 13.5. The van der Waals surface area contributed by atoms with Crippen molar-refractivity contribution in [1.82, 2.24) is 5.32 Å². The maximum Gasteiger partial charge on any atom is 0.418 e. The molecule has 32 heavy (non-hydrogen) atoms. The topological polar surface area (TPSA) is 92.6 Å². The lowest BCUT2D eigenvalue weighted by Crippen LogP contribution is -2.30. The molecule has 0 bridgehead atoms. The summed E-state index contributed by atoms with van der Waals surface area (Å²) in [5.74, 6) is -0.575. The summed E-state index contributed by atoms with van der Waals surface area (Å²) in [6.07, 6.45) is -3.42. The van der Waals surface area contributed by atoms with E-state index in [0.29, 0.717) is 5.75 Å². The van der Waals surface area contributed by atoms with Crippen LogP contribution in [-0.2, 0) is 17.5 Å². The summed E-state index contributed by atoms with van der Waals surface area (Å²) in [7, 11) is 1.52. The van der Waals surface area contributed by atoms with Crippen LogP contribution in [0.2, 0.25) is 0 Å². The van der Waals surface area contributed by atoms with E-state index < -0.39 is 23.6 Å². The van der Waals surface area contributed by atoms with Gasteiger partial charge in [0.1, 0.15) is 5.75 Å². The standard InChI is InChI=1S/C22H20F3N3O4/c1-31-16-5-2-4-14(10-16)12-27-20(29)13-26-18-8-7-15(11-17(18)22(23,24)25)28-21(30)19-6-3-9-32-19/h2-11,26H,12-13H2,1H3,(H,27,29)(H,28,30). The summed E-state index contributed by atoms with van der Waals surface area (Å²) in [5, 5.41) is 7.47. The summed E-state index contributed by atoms with van der Waals surface area (Å²) < 4.78 is 50.6. The molecule has 7 nitrogen and oxygen atoms in total. The third kappa shape index (κ3) is 6.03. The van der Waals surface area contributed by atoms with Gasteiger partial charge in [0.25, 0.3) is 5.91 Å². The Kier molecular flexibility index (Phi) is 7.04. The highest BCUT2D eigenvalue weighted by molar-refractivity contribution is 6.02. The van der Waals surface area contributed by atoms with Crippen molar-refractivity contribution in [3.63, 3.8) is 0 Å². The highest BCUT2D eigenvalue weighted by atomic mass is 19.4. The molecule has 1 aromatic heterocycles. The molecule has 3 rings (SSSR count). The molecule has 2 aromatic carbocycles. The number of furan rings is 1. The Balaban J connectivity index is 1.63. The second-order valence-corrected chi connectivity index (χ2v) is 6.67. The van der Waals surface area contributed by atoms with Crippen LogP contribution in [0.25, 0.3) is 0 Å². The fraction of sp³-hybridized carbons (Fsp3) is 0.182. The maximum absolute atomic E-state index is 13.5. The summed E-state index contributed by atoms with van der Waals surface area (Å²) in [5.41, 5.74) is -0.586. The monoisotopic (exact) mass is 447 g/mol. The Morgan fingerprint density at radius 2 is 1.88 bits per heavy atom. The van der Waals surface area contributed by atoms with Crippen LogP contribution in [0.15, 0.2) is 65.3 Å². The van der Waals surface area contributed by atoms with Gasteiger partial charge < -0.3 is 25.1 Å². The Morgan fingerprint density at radius 3 is 2.56 bits per heavy atom. The molecule has 0 aliphatic carbocycles. The fourth-order valence-electron chi connectivity index (χ4n) is 2.83. The van der Waals surface area contributed by atoms with Gasteiger partial charge in [-0.3, -0.25) is 9.59 Å². The molecule has 0 saturated carbocycles. The van der Waals surface area contributed by atoms with Crippen molar-refractivity contribution in [1.29, 1.82) is 0 Å². The van der Waals surface area contributed by atoms with Gasteiger partial charge in [-0.05, 0) is 48.0 Å². The number of benzene rings is 2. The molecule has 0 unspecified atom stereocenters. The largest absolute Gasteiger partial charge is 0.497 e. The number of alkyl halides is 3. The molecular formula is C22H20F3N3O4. The lowest BCUT2D eigenvalue weighted by molar-refractivity contribution is -0.137. The Bertz CT molecular complexity index is 1080. The first-order valence-corrected chi connectivity index (χ1v) is 9.46. The van der Waals surface area contributed by atoms with E-state index in [2.05, 4.69) is 16.0 Å². The van der Waals surface area contributed by atoms with Gasteiger partial charge in [0, 0.05) is 17.9 Å². The molecule has 1 heterocycles. The van der Waals surface area contributed by atoms with Crippen LogP contribution in [0.3, 0.4) is 0 Å². The Labute approximate surface area is 181 Å². The molecule has 10 heteroatoms. The molecule has 0 aliphatic rings. The van der Waals surface area contributed by atoms with E-state index in [0.717, 1.165) is 17.7 Å². The van der Waals surface area contributed by atoms with Gasteiger partial charge >= 0.3 is 6.18 Å². The number of carbonyl (C=O) groups is 2. The van der Waals surface area contributed by atoms with E-state index in [1.165, 1.54) is 31.6 Å². The zero-order chi connectivity index (χ0) is 23.1. The van der Waals surface area contributed by atoms with Gasteiger partial charge in [0.15, 0.2) is 5.76 Å². The smallest absolute Gasteiger partial charge is 0.418 e. The molecule has 3 aromatic rings. The molecule has 3 N–H and O–H groups in total. The number of hydrogen-bond donors (Lipinski definition) is 3. The lowest BCUT2D eigenvalue weighted by atomic mass is 10.1. The summed E-state index contributed by atoms with van der Waals surface area (Å²) >= 11 is 0. The van der Waals surface area contributed by atoms with Crippen molar-refractivity contribution in [2.45, 2.75) is 12.7 Å². The van der Waals surface area contributed by atoms with E-state index in [-0.39, 0.29) is 30.2 Å². The Morgan fingerprint density at radius 1 is 1.06 bits per heavy atom. The Hall–Kier alpha value is -3.95. The third-order valence-corrected chi connectivity index (χ3v) is 4.39. The minimum Gasteiger partial charge on any atom is -0.497 e. The van der Waals surface area contributed by atoms with Crippen LogP contribution < -0.4 is 20.7 Å². The van der Waals surface area contributed by atoms with Crippen LogP contribution in [0, 0.1) is 0 Å². The highest BCUT2D eigenvalue weighted by Crippen LogP contribution is 2.36. The zero-order valence-electron chi connectivity index (χ0n) is 17.0. The highest BCUT2D eigenvalue weighted by Gasteiger charge is 2.34. The quantitative estimate of drug-likeness (QED) is 0.479. The molecule has 0 saturated heterocycles. The van der Waals surface area contributed by atoms with Gasteiger partial charge in [-0.25, -0.2) is 0 Å². The second kappa shape index (κ2) is 9.90. The molecule has 0 atom stereocenters. The van der Waals surface area contributed by atoms with Gasteiger partial charge in [-0.2, -0.15) is 13.2 Å². The SMILES string of the molecule is COc1cccc(CNC(=O)CNc2ccc(NC(=O)c3ccco3)cc2C(F)(F)F)c1. The molecule has 0 fully saturated rings. The first kappa shape index (κ1) is 22.7. The van der Waals surface area contributed by atoms with Crippen LogP contribution in [0.5, 0.6) is 5.75 Å². The van der Waals surface area contributed by atoms with Crippen LogP contribution in [0.4, 0.5) is 24.5 Å². The molecular weight excluding hydrogens is 427 g/mol. The van der Waals surface area contributed by atoms with Gasteiger partial charge in [-0.15, -0.1) is 0 Å². The van der Waals surface area contributed by atoms with Crippen LogP contribution >= 0.6 is 0 Å². The number of ether oxygens (including phenoxy) is 1. The predicted octanol–water partition coefficient (Wildman–Crippen LogP) is 4.29. The number of nitrogens with one attached hydrogen (secondary N) is 3. The number of halogens is 3. The van der Waals surface area contributed by atoms with Gasteiger partial charge in [0.05, 0.1) is 25.5 Å². The van der Waals surface area contributed by atoms with E-state index in [1.54, 1.807) is 24.3 Å². The van der Waals surface area contributed by atoms with Crippen molar-refractivity contribution in [3.8, 4) is 5.75 Å². The molecule has 2 amide bonds. The number of anilines is 2. The van der Waals surface area contributed by atoms with E-state index >= 15 is 0 Å². The van der Waals surface area contributed by atoms with Crippen LogP contribution in [-0.4, -0.2) is 25.5 Å². The van der Waals surface area contributed by atoms with Crippen molar-refractivity contribution < 1.29 is 31.9 Å². The van der Waals surface area contributed by atoms with E-state index in [9.17, 15) is 22.8 Å². The minimum atomic E-state index is -4.70. The molecule has 0 spiro atoms. The van der Waals surface area contributed by atoms with E-state index in [1.807, 2.05) is 0 Å². The summed E-state index contributed by atoms with van der Waals surface area (Å²) in [6.45, 7) is -0.174. The molecule has 168 valence electrons. The first-order valence-electron chi connectivity index (χ1n) is 9.46. The molecule has 0 radical (unpaired) electrons. The minimum absolute atomic E-state index is 0.0338. The fourth-order valence-corrected chi connectivity index (χ4v) is 2.83. The normalized spacial score (nSPS) is 11.0. The van der Waals surface area contributed by atoms with Gasteiger partial charge in [0.2, 0.25) is 5.91 Å². The van der Waals surface area contributed by atoms with Crippen molar-refractivity contribution in [2.75, 3.05) is 24.3 Å². The first-order chi connectivity index (χ1) is 15.3. The number of amides is 2. The number of rotatable bonds is 8. The average molecular weight is 447 g/mol. The van der Waals surface area contributed by atoms with Crippen molar-refractivity contribution in [2.24, 2.45) is 0 Å². The van der Waals surface area contributed by atoms with E-state index in [4.69, 9.17) is 9.15 Å².